The van der Waals surface area contributed by atoms with E-state index in [1.807, 2.05) is 77.8 Å². The molecule has 2 aromatic carbocycles. The molecule has 4 rings (SSSR count). The van der Waals surface area contributed by atoms with Crippen LogP contribution in [-0.2, 0) is 7.05 Å². The molecule has 4 aromatic rings. The minimum Gasteiger partial charge on any atom is -0.493 e. The lowest BCUT2D eigenvalue weighted by Gasteiger charge is -2.13. The summed E-state index contributed by atoms with van der Waals surface area (Å²) in [5.41, 5.74) is 3.59. The van der Waals surface area contributed by atoms with Gasteiger partial charge in [0.05, 0.1) is 14.2 Å². The van der Waals surface area contributed by atoms with Crippen LogP contribution in [0.4, 0.5) is 0 Å². The van der Waals surface area contributed by atoms with E-state index in [2.05, 4.69) is 0 Å². The summed E-state index contributed by atoms with van der Waals surface area (Å²) in [6, 6.07) is 15.7. The Morgan fingerprint density at radius 2 is 1.93 bits per heavy atom. The van der Waals surface area contributed by atoms with E-state index in [0.717, 1.165) is 26.9 Å². The molecule has 5 heteroatoms. The molecule has 0 fully saturated rings. The zero-order valence-corrected chi connectivity index (χ0v) is 17.3. The predicted octanol–water partition coefficient (Wildman–Crippen LogP) is 5.82. The highest BCUT2D eigenvalue weighted by Crippen LogP contribution is 2.41. The highest BCUT2D eigenvalue weighted by Gasteiger charge is 2.14. The molecule has 2 heterocycles. The Kier molecular flexibility index (Phi) is 5.23. The number of nitrogens with zero attached hydrogens (tertiary/aromatic N) is 1. The lowest BCUT2D eigenvalue weighted by molar-refractivity contribution is 0.104. The number of carbonyl (C=O) groups excluding carboxylic acids is 1. The fourth-order valence-corrected chi connectivity index (χ4v) is 4.14. The SMILES string of the molecule is COc1cc(C=CC(=O)c2ccc3c(ccn3C)c2)cc(-c2cccs2)c1OC. The largest absolute Gasteiger partial charge is 0.493 e. The van der Waals surface area contributed by atoms with Crippen molar-refractivity contribution in [2.45, 2.75) is 0 Å². The molecule has 0 N–H and O–H groups in total. The minimum absolute atomic E-state index is 0.0387. The van der Waals surface area contributed by atoms with Crippen LogP contribution in [0.5, 0.6) is 11.5 Å². The van der Waals surface area contributed by atoms with E-state index in [-0.39, 0.29) is 5.78 Å². The molecule has 0 aliphatic heterocycles. The first-order valence-corrected chi connectivity index (χ1v) is 10.1. The van der Waals surface area contributed by atoms with Crippen LogP contribution in [-0.4, -0.2) is 24.6 Å². The maximum atomic E-state index is 12.7. The predicted molar refractivity (Wildman–Crippen MR) is 119 cm³/mol. The van der Waals surface area contributed by atoms with Gasteiger partial charge in [0.25, 0.3) is 0 Å². The van der Waals surface area contributed by atoms with Crippen LogP contribution in [0.2, 0.25) is 0 Å². The second-order valence-corrected chi connectivity index (χ2v) is 7.63. The molecule has 0 bridgehead atoms. The molecular weight excluding hydrogens is 382 g/mol. The number of carbonyl (C=O) groups is 1. The molecule has 29 heavy (non-hydrogen) atoms. The molecule has 2 aromatic heterocycles. The van der Waals surface area contributed by atoms with Gasteiger partial charge >= 0.3 is 0 Å². The van der Waals surface area contributed by atoms with Crippen LogP contribution in [0.3, 0.4) is 0 Å². The zero-order chi connectivity index (χ0) is 20.4. The van der Waals surface area contributed by atoms with E-state index < -0.39 is 0 Å². The van der Waals surface area contributed by atoms with Crippen LogP contribution >= 0.6 is 11.3 Å². The van der Waals surface area contributed by atoms with Gasteiger partial charge in [-0.1, -0.05) is 12.1 Å². The van der Waals surface area contributed by atoms with E-state index in [4.69, 9.17) is 9.47 Å². The van der Waals surface area contributed by atoms with Crippen molar-refractivity contribution in [2.24, 2.45) is 7.05 Å². The summed E-state index contributed by atoms with van der Waals surface area (Å²) in [6.45, 7) is 0. The van der Waals surface area contributed by atoms with Crippen LogP contribution < -0.4 is 9.47 Å². The Bertz CT molecular complexity index is 1200. The molecule has 146 valence electrons. The number of aromatic nitrogens is 1. The van der Waals surface area contributed by atoms with Crippen LogP contribution in [0.25, 0.3) is 27.4 Å². The Morgan fingerprint density at radius 3 is 2.66 bits per heavy atom. The summed E-state index contributed by atoms with van der Waals surface area (Å²) in [6.07, 6.45) is 5.41. The lowest BCUT2D eigenvalue weighted by atomic mass is 10.0. The molecule has 0 amide bonds. The van der Waals surface area contributed by atoms with Crippen molar-refractivity contribution in [2.75, 3.05) is 14.2 Å². The van der Waals surface area contributed by atoms with E-state index in [9.17, 15) is 4.79 Å². The van der Waals surface area contributed by atoms with Gasteiger partial charge in [-0.25, -0.2) is 0 Å². The number of fused-ring (bicyclic) bond motifs is 1. The number of allylic oxidation sites excluding steroid dienone is 1. The average Bonchev–Trinajstić information content (AvgIpc) is 3.41. The smallest absolute Gasteiger partial charge is 0.185 e. The molecular formula is C24H21NO3S. The fourth-order valence-electron chi connectivity index (χ4n) is 3.40. The number of hydrogen-bond acceptors (Lipinski definition) is 4. The van der Waals surface area contributed by atoms with E-state index in [1.54, 1.807) is 31.6 Å². The third kappa shape index (κ3) is 3.69. The molecule has 0 aliphatic carbocycles. The van der Waals surface area contributed by atoms with Crippen molar-refractivity contribution in [3.63, 3.8) is 0 Å². The summed E-state index contributed by atoms with van der Waals surface area (Å²) in [5.74, 6) is 1.28. The Hall–Kier alpha value is -3.31. The fraction of sp³-hybridized carbons (Fsp3) is 0.125. The summed E-state index contributed by atoms with van der Waals surface area (Å²) >= 11 is 1.63. The molecule has 0 saturated heterocycles. The molecule has 0 saturated carbocycles. The van der Waals surface area contributed by atoms with Crippen molar-refractivity contribution in [3.05, 3.63) is 77.3 Å². The molecule has 0 unspecified atom stereocenters. The Morgan fingerprint density at radius 1 is 1.07 bits per heavy atom. The Labute approximate surface area is 173 Å². The second kappa shape index (κ2) is 7.97. The normalized spacial score (nSPS) is 11.3. The number of methoxy groups -OCH3 is 2. The second-order valence-electron chi connectivity index (χ2n) is 6.68. The van der Waals surface area contributed by atoms with E-state index in [0.29, 0.717) is 17.1 Å². The van der Waals surface area contributed by atoms with Gasteiger partial charge in [-0.2, -0.15) is 0 Å². The minimum atomic E-state index is -0.0387. The quantitative estimate of drug-likeness (QED) is 0.301. The highest BCUT2D eigenvalue weighted by molar-refractivity contribution is 7.13. The van der Waals surface area contributed by atoms with Crippen LogP contribution in [0.1, 0.15) is 15.9 Å². The summed E-state index contributed by atoms with van der Waals surface area (Å²) in [7, 11) is 5.24. The van der Waals surface area contributed by atoms with Crippen LogP contribution in [0, 0.1) is 0 Å². The van der Waals surface area contributed by atoms with Gasteiger partial charge < -0.3 is 14.0 Å². The maximum absolute atomic E-state index is 12.7. The van der Waals surface area contributed by atoms with Crippen LogP contribution in [0.15, 0.2) is 66.2 Å². The number of aryl methyl sites for hydroxylation is 1. The van der Waals surface area contributed by atoms with Gasteiger partial charge in [0.1, 0.15) is 0 Å². The molecule has 0 atom stereocenters. The monoisotopic (exact) mass is 403 g/mol. The summed E-state index contributed by atoms with van der Waals surface area (Å²) in [4.78, 5) is 13.8. The van der Waals surface area contributed by atoms with Crippen molar-refractivity contribution < 1.29 is 14.3 Å². The standard InChI is InChI=1S/C24H21NO3S/c1-25-11-10-17-15-18(7-8-20(17)25)21(26)9-6-16-13-19(23-5-4-12-29-23)24(28-3)22(14-16)27-2/h4-15H,1-3H3. The first kappa shape index (κ1) is 19.0. The third-order valence-corrected chi connectivity index (χ3v) is 5.79. The number of ketones is 1. The number of thiophene rings is 1. The first-order valence-electron chi connectivity index (χ1n) is 9.18. The van der Waals surface area contributed by atoms with Gasteiger partial charge in [0, 0.05) is 40.2 Å². The number of benzene rings is 2. The van der Waals surface area contributed by atoms with Crippen molar-refractivity contribution >= 4 is 34.1 Å². The van der Waals surface area contributed by atoms with Gasteiger partial charge in [0.2, 0.25) is 0 Å². The summed E-state index contributed by atoms with van der Waals surface area (Å²) < 4.78 is 13.1. The summed E-state index contributed by atoms with van der Waals surface area (Å²) in [5, 5.41) is 3.07. The molecule has 4 nitrogen and oxygen atoms in total. The topological polar surface area (TPSA) is 40.5 Å². The van der Waals surface area contributed by atoms with Gasteiger partial charge in [-0.05, 0) is 59.5 Å². The highest BCUT2D eigenvalue weighted by atomic mass is 32.1. The van der Waals surface area contributed by atoms with Crippen molar-refractivity contribution in [1.82, 2.24) is 4.57 Å². The first-order chi connectivity index (χ1) is 14.1. The van der Waals surface area contributed by atoms with E-state index in [1.165, 1.54) is 0 Å². The molecule has 0 aliphatic rings. The van der Waals surface area contributed by atoms with Gasteiger partial charge in [-0.3, -0.25) is 4.79 Å². The number of ether oxygens (including phenoxy) is 2. The lowest BCUT2D eigenvalue weighted by Crippen LogP contribution is -1.96. The third-order valence-electron chi connectivity index (χ3n) is 4.88. The maximum Gasteiger partial charge on any atom is 0.185 e. The van der Waals surface area contributed by atoms with Crippen molar-refractivity contribution in [1.29, 1.82) is 0 Å². The molecule has 0 spiro atoms. The average molecular weight is 404 g/mol. The van der Waals surface area contributed by atoms with Gasteiger partial charge in [-0.15, -0.1) is 11.3 Å². The Balaban J connectivity index is 1.68. The van der Waals surface area contributed by atoms with Gasteiger partial charge in [0.15, 0.2) is 17.3 Å². The number of rotatable bonds is 6. The van der Waals surface area contributed by atoms with E-state index >= 15 is 0 Å². The molecule has 0 radical (unpaired) electrons. The zero-order valence-electron chi connectivity index (χ0n) is 16.5. The van der Waals surface area contributed by atoms with Crippen molar-refractivity contribution in [3.8, 4) is 21.9 Å². The number of hydrogen-bond donors (Lipinski definition) is 0.